The number of benzene rings is 1. The first-order valence-electron chi connectivity index (χ1n) is 6.73. The van der Waals surface area contributed by atoms with E-state index in [1.165, 1.54) is 11.8 Å². The van der Waals surface area contributed by atoms with Crippen LogP contribution in [0.15, 0.2) is 29.4 Å². The number of nitrogens with one attached hydrogen (secondary N) is 1. The molecule has 1 fully saturated rings. The van der Waals surface area contributed by atoms with Gasteiger partial charge in [-0.2, -0.15) is 0 Å². The maximum Gasteiger partial charge on any atom is 0.313 e. The van der Waals surface area contributed by atoms with Crippen LogP contribution in [-0.4, -0.2) is 38.8 Å². The Kier molecular flexibility index (Phi) is 3.83. The Bertz CT molecular complexity index is 688. The number of aliphatic carboxylic acids is 1. The summed E-state index contributed by atoms with van der Waals surface area (Å²) in [6.07, 6.45) is 1.23. The zero-order chi connectivity index (χ0) is 14.8. The summed E-state index contributed by atoms with van der Waals surface area (Å²) in [6.45, 7) is 0.555. The SMILES string of the molecule is O=C(O)CSc1nc2ccccc2n1C1CCC(=O)NC1. The first-order chi connectivity index (χ1) is 10.1. The quantitative estimate of drug-likeness (QED) is 0.839. The summed E-state index contributed by atoms with van der Waals surface area (Å²) in [5.74, 6) is -0.825. The number of hydrogen-bond acceptors (Lipinski definition) is 4. The van der Waals surface area contributed by atoms with Gasteiger partial charge in [0.1, 0.15) is 0 Å². The Morgan fingerprint density at radius 3 is 3.00 bits per heavy atom. The van der Waals surface area contributed by atoms with Crippen LogP contribution in [-0.2, 0) is 9.59 Å². The lowest BCUT2D eigenvalue weighted by molar-refractivity contribution is -0.134. The Labute approximate surface area is 125 Å². The van der Waals surface area contributed by atoms with Crippen LogP contribution in [0.4, 0.5) is 0 Å². The molecular formula is C14H15N3O3S. The molecule has 1 aromatic carbocycles. The number of aromatic nitrogens is 2. The van der Waals surface area contributed by atoms with Gasteiger partial charge in [-0.15, -0.1) is 0 Å². The van der Waals surface area contributed by atoms with Crippen molar-refractivity contribution in [1.29, 1.82) is 0 Å². The number of carboxylic acids is 1. The van der Waals surface area contributed by atoms with Crippen molar-refractivity contribution in [3.8, 4) is 0 Å². The Hall–Kier alpha value is -2.02. The highest BCUT2D eigenvalue weighted by Crippen LogP contribution is 2.30. The predicted octanol–water partition coefficient (Wildman–Crippen LogP) is 1.66. The third-order valence-corrected chi connectivity index (χ3v) is 4.43. The summed E-state index contributed by atoms with van der Waals surface area (Å²) in [4.78, 5) is 26.7. The van der Waals surface area contributed by atoms with Crippen molar-refractivity contribution in [3.63, 3.8) is 0 Å². The number of rotatable bonds is 4. The van der Waals surface area contributed by atoms with Crippen molar-refractivity contribution >= 4 is 34.7 Å². The molecule has 21 heavy (non-hydrogen) atoms. The van der Waals surface area contributed by atoms with E-state index >= 15 is 0 Å². The van der Waals surface area contributed by atoms with Gasteiger partial charge in [-0.1, -0.05) is 23.9 Å². The zero-order valence-corrected chi connectivity index (χ0v) is 12.1. The summed E-state index contributed by atoms with van der Waals surface area (Å²) < 4.78 is 2.06. The number of hydrogen-bond donors (Lipinski definition) is 2. The van der Waals surface area contributed by atoms with E-state index in [0.29, 0.717) is 18.1 Å². The van der Waals surface area contributed by atoms with Crippen molar-refractivity contribution in [1.82, 2.24) is 14.9 Å². The molecule has 110 valence electrons. The van der Waals surface area contributed by atoms with E-state index in [9.17, 15) is 9.59 Å². The summed E-state index contributed by atoms with van der Waals surface area (Å²) in [6, 6.07) is 7.86. The van der Waals surface area contributed by atoms with Gasteiger partial charge in [0.05, 0.1) is 22.8 Å². The molecule has 1 aliphatic heterocycles. The van der Waals surface area contributed by atoms with Crippen LogP contribution in [0.25, 0.3) is 11.0 Å². The first-order valence-corrected chi connectivity index (χ1v) is 7.72. The molecule has 1 aromatic heterocycles. The smallest absolute Gasteiger partial charge is 0.313 e. The number of nitrogens with zero attached hydrogens (tertiary/aromatic N) is 2. The second kappa shape index (κ2) is 5.77. The molecule has 0 bridgehead atoms. The highest BCUT2D eigenvalue weighted by Gasteiger charge is 2.24. The van der Waals surface area contributed by atoms with Gasteiger partial charge in [0.25, 0.3) is 0 Å². The van der Waals surface area contributed by atoms with Gasteiger partial charge >= 0.3 is 5.97 Å². The maximum atomic E-state index is 11.3. The van der Waals surface area contributed by atoms with Gasteiger partial charge < -0.3 is 15.0 Å². The summed E-state index contributed by atoms with van der Waals surface area (Å²) in [5.41, 5.74) is 1.83. The highest BCUT2D eigenvalue weighted by molar-refractivity contribution is 7.99. The Balaban J connectivity index is 1.98. The van der Waals surface area contributed by atoms with E-state index in [2.05, 4.69) is 14.9 Å². The van der Waals surface area contributed by atoms with Gasteiger partial charge in [0.2, 0.25) is 5.91 Å². The molecule has 2 aromatic rings. The minimum atomic E-state index is -0.865. The number of carbonyl (C=O) groups excluding carboxylic acids is 1. The third-order valence-electron chi connectivity index (χ3n) is 3.49. The van der Waals surface area contributed by atoms with Crippen LogP contribution in [0.1, 0.15) is 18.9 Å². The number of carboxylic acid groups (broad SMARTS) is 1. The molecule has 0 spiro atoms. The molecule has 3 rings (SSSR count). The number of piperidine rings is 1. The number of thioether (sulfide) groups is 1. The van der Waals surface area contributed by atoms with Gasteiger partial charge in [0, 0.05) is 13.0 Å². The van der Waals surface area contributed by atoms with Crippen LogP contribution in [0.5, 0.6) is 0 Å². The standard InChI is InChI=1S/C14H15N3O3S/c18-12-6-5-9(7-15-12)17-11-4-2-1-3-10(11)16-14(17)21-8-13(19)20/h1-4,9H,5-8H2,(H,15,18)(H,19,20). The van der Waals surface area contributed by atoms with Crippen LogP contribution in [0.3, 0.4) is 0 Å². The minimum Gasteiger partial charge on any atom is -0.481 e. The molecule has 1 atom stereocenters. The highest BCUT2D eigenvalue weighted by atomic mass is 32.2. The molecule has 2 heterocycles. The zero-order valence-electron chi connectivity index (χ0n) is 11.3. The molecule has 2 N–H and O–H groups in total. The molecule has 0 radical (unpaired) electrons. The average molecular weight is 305 g/mol. The van der Waals surface area contributed by atoms with Crippen molar-refractivity contribution < 1.29 is 14.7 Å². The lowest BCUT2D eigenvalue weighted by Gasteiger charge is -2.25. The maximum absolute atomic E-state index is 11.3. The summed E-state index contributed by atoms with van der Waals surface area (Å²) in [7, 11) is 0. The molecule has 1 unspecified atom stereocenters. The topological polar surface area (TPSA) is 84.2 Å². The normalized spacial score (nSPS) is 18.7. The van der Waals surface area contributed by atoms with Gasteiger partial charge in [-0.3, -0.25) is 9.59 Å². The Morgan fingerprint density at radius 1 is 1.48 bits per heavy atom. The largest absolute Gasteiger partial charge is 0.481 e. The predicted molar refractivity (Wildman–Crippen MR) is 79.4 cm³/mol. The molecule has 0 saturated carbocycles. The lowest BCUT2D eigenvalue weighted by atomic mass is 10.1. The van der Waals surface area contributed by atoms with Crippen LogP contribution in [0, 0.1) is 0 Å². The molecule has 6 nitrogen and oxygen atoms in total. The second-order valence-corrected chi connectivity index (χ2v) is 5.87. The fourth-order valence-corrected chi connectivity index (χ4v) is 3.35. The van der Waals surface area contributed by atoms with E-state index in [0.717, 1.165) is 17.5 Å². The van der Waals surface area contributed by atoms with Crippen molar-refractivity contribution in [2.75, 3.05) is 12.3 Å². The van der Waals surface area contributed by atoms with Crippen LogP contribution >= 0.6 is 11.8 Å². The fraction of sp³-hybridized carbons (Fsp3) is 0.357. The number of fused-ring (bicyclic) bond motifs is 1. The first kappa shape index (κ1) is 13.9. The van der Waals surface area contributed by atoms with E-state index in [-0.39, 0.29) is 17.7 Å². The molecule has 0 aliphatic carbocycles. The second-order valence-electron chi connectivity index (χ2n) is 4.93. The van der Waals surface area contributed by atoms with E-state index in [1.54, 1.807) is 0 Å². The van der Waals surface area contributed by atoms with Gasteiger partial charge in [-0.05, 0) is 18.6 Å². The summed E-state index contributed by atoms with van der Waals surface area (Å²) >= 11 is 1.21. The molecular weight excluding hydrogens is 290 g/mol. The Morgan fingerprint density at radius 2 is 2.29 bits per heavy atom. The molecule has 1 amide bonds. The van der Waals surface area contributed by atoms with Crippen LogP contribution < -0.4 is 5.32 Å². The number of imidazole rings is 1. The van der Waals surface area contributed by atoms with E-state index in [1.807, 2.05) is 24.3 Å². The van der Waals surface area contributed by atoms with Gasteiger partial charge in [-0.25, -0.2) is 4.98 Å². The van der Waals surface area contributed by atoms with E-state index < -0.39 is 5.97 Å². The number of amides is 1. The molecule has 7 heteroatoms. The number of para-hydroxylation sites is 2. The number of carbonyl (C=O) groups is 2. The lowest BCUT2D eigenvalue weighted by Crippen LogP contribution is -2.36. The van der Waals surface area contributed by atoms with Gasteiger partial charge in [0.15, 0.2) is 5.16 Å². The third kappa shape index (κ3) is 2.87. The van der Waals surface area contributed by atoms with Crippen LogP contribution in [0.2, 0.25) is 0 Å². The molecule has 1 saturated heterocycles. The van der Waals surface area contributed by atoms with E-state index in [4.69, 9.17) is 5.11 Å². The monoisotopic (exact) mass is 305 g/mol. The average Bonchev–Trinajstić information content (AvgIpc) is 2.84. The van der Waals surface area contributed by atoms with Crippen molar-refractivity contribution in [2.45, 2.75) is 24.0 Å². The minimum absolute atomic E-state index is 0.0254. The molecule has 1 aliphatic rings. The van der Waals surface area contributed by atoms with Crippen molar-refractivity contribution in [2.24, 2.45) is 0 Å². The summed E-state index contributed by atoms with van der Waals surface area (Å²) in [5, 5.41) is 12.4. The fourth-order valence-electron chi connectivity index (χ4n) is 2.54. The van der Waals surface area contributed by atoms with Crippen molar-refractivity contribution in [3.05, 3.63) is 24.3 Å².